The van der Waals surface area contributed by atoms with Crippen molar-refractivity contribution in [3.63, 3.8) is 0 Å². The van der Waals surface area contributed by atoms with E-state index in [1.165, 1.54) is 4.90 Å². The summed E-state index contributed by atoms with van der Waals surface area (Å²) in [5, 5.41) is 0.115. The van der Waals surface area contributed by atoms with Gasteiger partial charge in [0.05, 0.1) is 19.3 Å². The fourth-order valence-corrected chi connectivity index (χ4v) is 2.91. The zero-order valence-corrected chi connectivity index (χ0v) is 14.5. The van der Waals surface area contributed by atoms with E-state index in [9.17, 15) is 9.59 Å². The minimum Gasteiger partial charge on any atom is -0.449 e. The van der Waals surface area contributed by atoms with Gasteiger partial charge >= 0.3 is 6.09 Å². The van der Waals surface area contributed by atoms with Crippen LogP contribution in [0, 0.1) is 0 Å². The van der Waals surface area contributed by atoms with Crippen molar-refractivity contribution in [2.45, 2.75) is 64.7 Å². The molecule has 0 saturated carbocycles. The lowest BCUT2D eigenvalue weighted by Gasteiger charge is -2.37. The van der Waals surface area contributed by atoms with Crippen molar-refractivity contribution in [2.75, 3.05) is 13.2 Å². The SMILES string of the molecule is CCOC(=O)N1C(=O)CC[C@H]1CO[Si](C)(C)C(C)(C)C. The van der Waals surface area contributed by atoms with E-state index in [1.54, 1.807) is 6.92 Å². The van der Waals surface area contributed by atoms with Gasteiger partial charge in [0.25, 0.3) is 0 Å². The number of ether oxygens (including phenoxy) is 1. The van der Waals surface area contributed by atoms with E-state index in [1.807, 2.05) is 0 Å². The molecule has 0 aromatic rings. The molecule has 0 aromatic carbocycles. The molecule has 0 aliphatic carbocycles. The Morgan fingerprint density at radius 2 is 2.00 bits per heavy atom. The zero-order chi connectivity index (χ0) is 15.6. The molecule has 2 amide bonds. The molecule has 0 spiro atoms. The maximum absolute atomic E-state index is 11.8. The van der Waals surface area contributed by atoms with Crippen LogP contribution in [0.15, 0.2) is 0 Å². The van der Waals surface area contributed by atoms with Gasteiger partial charge in [-0.25, -0.2) is 9.69 Å². The number of rotatable bonds is 4. The molecule has 20 heavy (non-hydrogen) atoms. The number of hydrogen-bond donors (Lipinski definition) is 0. The van der Waals surface area contributed by atoms with Crippen LogP contribution in [0.4, 0.5) is 4.79 Å². The summed E-state index contributed by atoms with van der Waals surface area (Å²) in [6, 6.07) is -0.185. The largest absolute Gasteiger partial charge is 0.449 e. The summed E-state index contributed by atoms with van der Waals surface area (Å²) < 4.78 is 11.1. The van der Waals surface area contributed by atoms with Crippen molar-refractivity contribution in [3.8, 4) is 0 Å². The molecule has 116 valence electrons. The van der Waals surface area contributed by atoms with Crippen LogP contribution in [0.3, 0.4) is 0 Å². The first kappa shape index (κ1) is 17.2. The van der Waals surface area contributed by atoms with Gasteiger partial charge in [0.2, 0.25) is 5.91 Å². The van der Waals surface area contributed by atoms with Gasteiger partial charge in [0.1, 0.15) is 0 Å². The van der Waals surface area contributed by atoms with Crippen LogP contribution in [0.2, 0.25) is 18.1 Å². The van der Waals surface area contributed by atoms with Crippen LogP contribution in [0.1, 0.15) is 40.5 Å². The molecule has 0 bridgehead atoms. The lowest BCUT2D eigenvalue weighted by atomic mass is 10.2. The Morgan fingerprint density at radius 3 is 2.50 bits per heavy atom. The molecule has 5 nitrogen and oxygen atoms in total. The minimum atomic E-state index is -1.87. The normalized spacial score (nSPS) is 20.4. The van der Waals surface area contributed by atoms with Gasteiger partial charge in [0, 0.05) is 6.42 Å². The molecule has 0 radical (unpaired) electrons. The summed E-state index contributed by atoms with van der Waals surface area (Å²) in [4.78, 5) is 24.9. The topological polar surface area (TPSA) is 55.8 Å². The van der Waals surface area contributed by atoms with Crippen LogP contribution in [0.25, 0.3) is 0 Å². The average molecular weight is 301 g/mol. The Labute approximate surface area is 122 Å². The Hall–Kier alpha value is -0.883. The molecule has 1 saturated heterocycles. The lowest BCUT2D eigenvalue weighted by molar-refractivity contribution is -0.127. The second-order valence-electron chi connectivity index (χ2n) is 6.73. The van der Waals surface area contributed by atoms with Crippen molar-refractivity contribution in [3.05, 3.63) is 0 Å². The number of hydrogen-bond acceptors (Lipinski definition) is 4. The van der Waals surface area contributed by atoms with E-state index in [0.717, 1.165) is 0 Å². The second kappa shape index (κ2) is 6.26. The van der Waals surface area contributed by atoms with E-state index in [0.29, 0.717) is 19.4 Å². The van der Waals surface area contributed by atoms with Crippen LogP contribution in [-0.4, -0.2) is 44.5 Å². The molecule has 0 N–H and O–H groups in total. The molecular formula is C14H27NO4Si. The fourth-order valence-electron chi connectivity index (χ4n) is 1.87. The van der Waals surface area contributed by atoms with Crippen LogP contribution in [-0.2, 0) is 14.0 Å². The van der Waals surface area contributed by atoms with Gasteiger partial charge in [-0.05, 0) is 31.5 Å². The number of amides is 2. The summed E-state index contributed by atoms with van der Waals surface area (Å²) >= 11 is 0. The molecule has 0 unspecified atom stereocenters. The third kappa shape index (κ3) is 3.82. The fraction of sp³-hybridized carbons (Fsp3) is 0.857. The number of imide groups is 1. The first-order valence-corrected chi connectivity index (χ1v) is 10.1. The molecule has 1 rings (SSSR count). The summed E-state index contributed by atoms with van der Waals surface area (Å²) in [5.74, 6) is -0.160. The molecule has 1 fully saturated rings. The number of likely N-dealkylation sites (tertiary alicyclic amines) is 1. The predicted octanol–water partition coefficient (Wildman–Crippen LogP) is 3.16. The smallest absolute Gasteiger partial charge is 0.416 e. The van der Waals surface area contributed by atoms with E-state index in [2.05, 4.69) is 33.9 Å². The average Bonchev–Trinajstić information content (AvgIpc) is 2.67. The first-order valence-electron chi connectivity index (χ1n) is 7.23. The molecular weight excluding hydrogens is 274 g/mol. The molecule has 0 aromatic heterocycles. The highest BCUT2D eigenvalue weighted by molar-refractivity contribution is 6.74. The van der Waals surface area contributed by atoms with Gasteiger partial charge in [-0.3, -0.25) is 4.79 Å². The standard InChI is InChI=1S/C14H27NO4Si/c1-7-18-13(17)15-11(8-9-12(15)16)10-19-20(5,6)14(2,3)4/h11H,7-10H2,1-6H3/t11-/m0/s1. The highest BCUT2D eigenvalue weighted by Crippen LogP contribution is 2.37. The zero-order valence-electron chi connectivity index (χ0n) is 13.5. The van der Waals surface area contributed by atoms with Crippen LogP contribution < -0.4 is 0 Å². The summed E-state index contributed by atoms with van der Waals surface area (Å²) in [5.41, 5.74) is 0. The van der Waals surface area contributed by atoms with Gasteiger partial charge in [0.15, 0.2) is 8.32 Å². The van der Waals surface area contributed by atoms with Gasteiger partial charge < -0.3 is 9.16 Å². The van der Waals surface area contributed by atoms with E-state index >= 15 is 0 Å². The van der Waals surface area contributed by atoms with E-state index in [-0.39, 0.29) is 23.6 Å². The van der Waals surface area contributed by atoms with Crippen LogP contribution in [0.5, 0.6) is 0 Å². The molecule has 1 atom stereocenters. The van der Waals surface area contributed by atoms with Crippen molar-refractivity contribution in [1.82, 2.24) is 4.90 Å². The van der Waals surface area contributed by atoms with E-state index < -0.39 is 14.4 Å². The van der Waals surface area contributed by atoms with Crippen molar-refractivity contribution >= 4 is 20.3 Å². The number of carbonyl (C=O) groups excluding carboxylic acids is 2. The molecule has 6 heteroatoms. The minimum absolute atomic E-state index is 0.115. The third-order valence-corrected chi connectivity index (χ3v) is 8.73. The van der Waals surface area contributed by atoms with E-state index in [4.69, 9.17) is 9.16 Å². The Bertz CT molecular complexity index is 376. The third-order valence-electron chi connectivity index (χ3n) is 4.23. The predicted molar refractivity (Wildman–Crippen MR) is 80.0 cm³/mol. The Kier molecular flexibility index (Phi) is 5.37. The molecule has 1 heterocycles. The van der Waals surface area contributed by atoms with Crippen molar-refractivity contribution in [1.29, 1.82) is 0 Å². The summed E-state index contributed by atoms with van der Waals surface area (Å²) in [6.07, 6.45) is 0.509. The summed E-state index contributed by atoms with van der Waals surface area (Å²) in [6.45, 7) is 13.3. The lowest BCUT2D eigenvalue weighted by Crippen LogP contribution is -2.47. The number of nitrogens with zero attached hydrogens (tertiary/aromatic N) is 1. The van der Waals surface area contributed by atoms with Gasteiger partial charge in [-0.2, -0.15) is 0 Å². The van der Waals surface area contributed by atoms with Crippen molar-refractivity contribution < 1.29 is 18.8 Å². The monoisotopic (exact) mass is 301 g/mol. The highest BCUT2D eigenvalue weighted by atomic mass is 28.4. The Balaban J connectivity index is 2.67. The second-order valence-corrected chi connectivity index (χ2v) is 11.5. The maximum atomic E-state index is 11.8. The highest BCUT2D eigenvalue weighted by Gasteiger charge is 2.41. The quantitative estimate of drug-likeness (QED) is 0.748. The summed E-state index contributed by atoms with van der Waals surface area (Å²) in [7, 11) is -1.87. The Morgan fingerprint density at radius 1 is 1.40 bits per heavy atom. The van der Waals surface area contributed by atoms with Gasteiger partial charge in [-0.1, -0.05) is 20.8 Å². The first-order chi connectivity index (χ1) is 9.10. The maximum Gasteiger partial charge on any atom is 0.416 e. The van der Waals surface area contributed by atoms with Crippen molar-refractivity contribution in [2.24, 2.45) is 0 Å². The van der Waals surface area contributed by atoms with Gasteiger partial charge in [-0.15, -0.1) is 0 Å². The molecule has 1 aliphatic heterocycles. The number of carbonyl (C=O) groups is 2. The molecule has 1 aliphatic rings. The van der Waals surface area contributed by atoms with Crippen LogP contribution >= 0.6 is 0 Å².